The van der Waals surface area contributed by atoms with Crippen molar-refractivity contribution in [3.05, 3.63) is 24.3 Å². The molecule has 0 radical (unpaired) electrons. The molecule has 1 aromatic rings. The Kier molecular flexibility index (Phi) is 5.74. The summed E-state index contributed by atoms with van der Waals surface area (Å²) in [7, 11) is 0. The minimum Gasteiger partial charge on any atom is -0.416 e. The number of hydrogen-bond donors (Lipinski definition) is 1. The third-order valence-electron chi connectivity index (χ3n) is 7.66. The van der Waals surface area contributed by atoms with Crippen LogP contribution in [0.4, 0.5) is 28.0 Å². The standard InChI is InChI=1S/C23H27F4NO7/c1-12-4-9-16-21(3,24)17(30-18-22(16)15(12)10-11-20(2,33-18)34-35-22)31-19(29)28-13-5-7-14(8-6-13)32-23(25,26)27/h5-8,12,15-18H,4,9-11H2,1-3H3,(H,28,29)/t12-,15+,16+,17-,18-,20-,21-,22-/m1/s1. The summed E-state index contributed by atoms with van der Waals surface area (Å²) in [5.41, 5.74) is -3.19. The van der Waals surface area contributed by atoms with Gasteiger partial charge in [-0.1, -0.05) is 6.92 Å². The van der Waals surface area contributed by atoms with Gasteiger partial charge in [0.05, 0.1) is 0 Å². The minimum atomic E-state index is -4.84. The fraction of sp³-hybridized carbons (Fsp3) is 0.696. The van der Waals surface area contributed by atoms with Crippen LogP contribution in [0.1, 0.15) is 46.5 Å². The number of ether oxygens (including phenoxy) is 4. The zero-order valence-electron chi connectivity index (χ0n) is 19.4. The molecule has 5 fully saturated rings. The number of fused-ring (bicyclic) bond motifs is 2. The van der Waals surface area contributed by atoms with E-state index in [1.807, 2.05) is 0 Å². The van der Waals surface area contributed by atoms with E-state index in [0.29, 0.717) is 19.3 Å². The number of anilines is 1. The maximum Gasteiger partial charge on any atom is 0.573 e. The molecule has 0 aromatic heterocycles. The maximum atomic E-state index is 16.3. The third kappa shape index (κ3) is 4.24. The van der Waals surface area contributed by atoms with E-state index in [2.05, 4.69) is 17.0 Å². The van der Waals surface area contributed by atoms with Gasteiger partial charge in [0.15, 0.2) is 17.6 Å². The van der Waals surface area contributed by atoms with Crippen molar-refractivity contribution in [3.63, 3.8) is 0 Å². The summed E-state index contributed by atoms with van der Waals surface area (Å²) in [5.74, 6) is -2.10. The Morgan fingerprint density at radius 3 is 2.51 bits per heavy atom. The number of halogens is 4. The Morgan fingerprint density at radius 2 is 1.83 bits per heavy atom. The molecule has 1 N–H and O–H groups in total. The van der Waals surface area contributed by atoms with Crippen LogP contribution in [0.3, 0.4) is 0 Å². The monoisotopic (exact) mass is 505 g/mol. The van der Waals surface area contributed by atoms with Gasteiger partial charge < -0.3 is 18.9 Å². The first-order chi connectivity index (χ1) is 16.3. The maximum absolute atomic E-state index is 16.3. The first-order valence-corrected chi connectivity index (χ1v) is 11.5. The van der Waals surface area contributed by atoms with E-state index in [9.17, 15) is 18.0 Å². The number of hydrogen-bond acceptors (Lipinski definition) is 7. The molecule has 35 heavy (non-hydrogen) atoms. The van der Waals surface area contributed by atoms with E-state index < -0.39 is 53.8 Å². The SMILES string of the molecule is C[C@@H]1CC[C@H]2[C@@](C)(F)[C@@H](OC(=O)Nc3ccc(OC(F)(F)F)cc3)O[C@@H]3O[C@@]4(C)CC[C@@H]1[C@]32OO4. The largest absolute Gasteiger partial charge is 0.573 e. The van der Waals surface area contributed by atoms with E-state index in [-0.39, 0.29) is 17.5 Å². The Balaban J connectivity index is 1.33. The second-order valence-corrected chi connectivity index (χ2v) is 10.1. The highest BCUT2D eigenvalue weighted by atomic mass is 19.4. The quantitative estimate of drug-likeness (QED) is 0.433. The van der Waals surface area contributed by atoms with E-state index in [4.69, 9.17) is 24.0 Å². The van der Waals surface area contributed by atoms with Gasteiger partial charge in [-0.15, -0.1) is 13.2 Å². The zero-order valence-corrected chi connectivity index (χ0v) is 19.4. The highest BCUT2D eigenvalue weighted by Gasteiger charge is 2.74. The topological polar surface area (TPSA) is 84.5 Å². The number of carbonyl (C=O) groups excluding carboxylic acids is 1. The lowest BCUT2D eigenvalue weighted by atomic mass is 9.57. The van der Waals surface area contributed by atoms with E-state index in [1.165, 1.54) is 19.1 Å². The van der Waals surface area contributed by atoms with Crippen LogP contribution >= 0.6 is 0 Å². The van der Waals surface area contributed by atoms with Gasteiger partial charge in [0.1, 0.15) is 5.75 Å². The molecule has 8 atom stereocenters. The molecule has 0 unspecified atom stereocenters. The molecule has 194 valence electrons. The molecular weight excluding hydrogens is 478 g/mol. The minimum absolute atomic E-state index is 0.0714. The summed E-state index contributed by atoms with van der Waals surface area (Å²) < 4.78 is 74.5. The number of nitrogens with one attached hydrogen (secondary N) is 1. The van der Waals surface area contributed by atoms with Gasteiger partial charge in [0, 0.05) is 18.0 Å². The number of carbonyl (C=O) groups is 1. The molecule has 4 aliphatic heterocycles. The van der Waals surface area contributed by atoms with Crippen LogP contribution in [-0.2, 0) is 24.0 Å². The predicted molar refractivity (Wildman–Crippen MR) is 110 cm³/mol. The average Bonchev–Trinajstić information content (AvgIpc) is 2.98. The molecule has 8 nitrogen and oxygen atoms in total. The number of benzene rings is 1. The molecule has 1 spiro atoms. The van der Waals surface area contributed by atoms with Crippen LogP contribution in [0.15, 0.2) is 24.3 Å². The lowest BCUT2D eigenvalue weighted by Crippen LogP contribution is -2.74. The molecule has 6 rings (SSSR count). The van der Waals surface area contributed by atoms with Gasteiger partial charge >= 0.3 is 12.5 Å². The summed E-state index contributed by atoms with van der Waals surface area (Å²) in [6.07, 6.45) is -6.04. The highest BCUT2D eigenvalue weighted by Crippen LogP contribution is 2.62. The predicted octanol–water partition coefficient (Wildman–Crippen LogP) is 5.43. The van der Waals surface area contributed by atoms with Gasteiger partial charge in [-0.25, -0.2) is 19.0 Å². The molecule has 1 aromatic carbocycles. The Bertz CT molecular complexity index is 974. The first-order valence-electron chi connectivity index (χ1n) is 11.5. The normalized spacial score (nSPS) is 42.5. The van der Waals surface area contributed by atoms with Gasteiger partial charge in [0.2, 0.25) is 12.1 Å². The van der Waals surface area contributed by atoms with Crippen molar-refractivity contribution in [1.82, 2.24) is 0 Å². The van der Waals surface area contributed by atoms with Crippen molar-refractivity contribution in [1.29, 1.82) is 0 Å². The second-order valence-electron chi connectivity index (χ2n) is 10.1. The summed E-state index contributed by atoms with van der Waals surface area (Å²) in [4.78, 5) is 24.1. The van der Waals surface area contributed by atoms with Crippen molar-refractivity contribution in [2.75, 3.05) is 5.32 Å². The summed E-state index contributed by atoms with van der Waals surface area (Å²) in [6.45, 7) is 5.12. The fourth-order valence-corrected chi connectivity index (χ4v) is 5.98. The van der Waals surface area contributed by atoms with Crippen molar-refractivity contribution in [2.45, 2.75) is 82.5 Å². The fourth-order valence-electron chi connectivity index (χ4n) is 5.98. The summed E-state index contributed by atoms with van der Waals surface area (Å²) >= 11 is 0. The summed E-state index contributed by atoms with van der Waals surface area (Å²) in [6, 6.07) is 4.45. The molecule has 2 bridgehead atoms. The summed E-state index contributed by atoms with van der Waals surface area (Å²) in [5, 5.41) is 2.36. The van der Waals surface area contributed by atoms with E-state index in [0.717, 1.165) is 18.6 Å². The lowest BCUT2D eigenvalue weighted by Gasteiger charge is -2.61. The first kappa shape index (κ1) is 24.5. The van der Waals surface area contributed by atoms with Crippen molar-refractivity contribution < 1.29 is 51.1 Å². The van der Waals surface area contributed by atoms with Gasteiger partial charge in [0.25, 0.3) is 0 Å². The Morgan fingerprint density at radius 1 is 1.11 bits per heavy atom. The van der Waals surface area contributed by atoms with Crippen LogP contribution < -0.4 is 10.1 Å². The van der Waals surface area contributed by atoms with Crippen LogP contribution in [0.5, 0.6) is 5.75 Å². The van der Waals surface area contributed by atoms with Crippen molar-refractivity contribution in [3.8, 4) is 5.75 Å². The van der Waals surface area contributed by atoms with E-state index in [1.54, 1.807) is 6.92 Å². The average molecular weight is 505 g/mol. The van der Waals surface area contributed by atoms with Crippen LogP contribution in [0.2, 0.25) is 0 Å². The molecule has 5 aliphatic rings. The molecule has 1 aliphatic carbocycles. The van der Waals surface area contributed by atoms with Crippen LogP contribution in [0, 0.1) is 17.8 Å². The van der Waals surface area contributed by atoms with Crippen molar-refractivity contribution in [2.24, 2.45) is 17.8 Å². The Labute approximate surface area is 199 Å². The van der Waals surface area contributed by atoms with Gasteiger partial charge in [-0.2, -0.15) is 0 Å². The highest BCUT2D eigenvalue weighted by molar-refractivity contribution is 5.84. The van der Waals surface area contributed by atoms with E-state index >= 15 is 4.39 Å². The Hall–Kier alpha value is -2.15. The van der Waals surface area contributed by atoms with Crippen LogP contribution in [-0.4, -0.2) is 42.1 Å². The van der Waals surface area contributed by atoms with Gasteiger partial charge in [-0.3, -0.25) is 5.32 Å². The number of amides is 1. The number of alkyl halides is 4. The molecule has 1 amide bonds. The second kappa shape index (κ2) is 8.19. The molecule has 12 heteroatoms. The molecular formula is C23H27F4NO7. The smallest absolute Gasteiger partial charge is 0.416 e. The lowest BCUT2D eigenvalue weighted by molar-refractivity contribution is -0.580. The zero-order chi connectivity index (χ0) is 25.2. The third-order valence-corrected chi connectivity index (χ3v) is 7.66. The molecule has 4 heterocycles. The molecule has 1 saturated carbocycles. The van der Waals surface area contributed by atoms with Crippen molar-refractivity contribution >= 4 is 11.8 Å². The number of rotatable bonds is 3. The van der Waals surface area contributed by atoms with Gasteiger partial charge in [-0.05, 0) is 69.2 Å². The van der Waals surface area contributed by atoms with Crippen LogP contribution in [0.25, 0.3) is 0 Å². The molecule has 4 saturated heterocycles.